The fourth-order valence-electron chi connectivity index (χ4n) is 3.24. The third-order valence-electron chi connectivity index (χ3n) is 5.14. The fraction of sp³-hybridized carbons (Fsp3) is 0.444. The minimum Gasteiger partial charge on any atom is -0.364 e. The van der Waals surface area contributed by atoms with E-state index >= 15 is 0 Å². The van der Waals surface area contributed by atoms with Crippen molar-refractivity contribution in [1.29, 1.82) is 0 Å². The summed E-state index contributed by atoms with van der Waals surface area (Å²) in [5.41, 5.74) is 1.41. The number of hydrogen-bond acceptors (Lipinski definition) is 4. The Bertz CT molecular complexity index is 1060. The molecule has 0 radical (unpaired) electrons. The van der Waals surface area contributed by atoms with E-state index in [2.05, 4.69) is 15.4 Å². The molecule has 0 spiro atoms. The van der Waals surface area contributed by atoms with Crippen LogP contribution in [0.4, 0.5) is 36.4 Å². The van der Waals surface area contributed by atoms with Crippen molar-refractivity contribution in [2.45, 2.75) is 44.3 Å². The average molecular weight is 467 g/mol. The van der Waals surface area contributed by atoms with Crippen LogP contribution in [0.25, 0.3) is 0 Å². The highest BCUT2D eigenvalue weighted by atomic mass is 19.4. The molecule has 1 atom stereocenters. The van der Waals surface area contributed by atoms with Gasteiger partial charge in [0.2, 0.25) is 0 Å². The largest absolute Gasteiger partial charge is 0.459 e. The number of aromatic nitrogens is 3. The van der Waals surface area contributed by atoms with Gasteiger partial charge < -0.3 is 11.1 Å². The van der Waals surface area contributed by atoms with Crippen molar-refractivity contribution in [3.8, 4) is 0 Å². The van der Waals surface area contributed by atoms with Gasteiger partial charge in [0.1, 0.15) is 17.1 Å². The van der Waals surface area contributed by atoms with E-state index in [1.54, 1.807) is 0 Å². The van der Waals surface area contributed by atoms with Crippen LogP contribution in [0.1, 0.15) is 45.1 Å². The van der Waals surface area contributed by atoms with E-state index in [1.807, 2.05) is 0 Å². The maximum Gasteiger partial charge on any atom is 0.459 e. The lowest BCUT2D eigenvalue weighted by atomic mass is 9.81. The summed E-state index contributed by atoms with van der Waals surface area (Å²) < 4.78 is 94.5. The van der Waals surface area contributed by atoms with E-state index < -0.39 is 65.7 Å². The second-order valence-electron chi connectivity index (χ2n) is 7.32. The molecule has 3 N–H and O–H groups in total. The van der Waals surface area contributed by atoms with Crippen LogP contribution in [0.5, 0.6) is 0 Å². The van der Waals surface area contributed by atoms with Crippen LogP contribution < -0.4 is 11.1 Å². The lowest BCUT2D eigenvalue weighted by Crippen LogP contribution is -2.42. The third-order valence-corrected chi connectivity index (χ3v) is 5.14. The van der Waals surface area contributed by atoms with Gasteiger partial charge in [-0.25, -0.2) is 8.78 Å². The number of carbonyl (C=O) groups excluding carboxylic acids is 2. The summed E-state index contributed by atoms with van der Waals surface area (Å²) in [6.07, 6.45) is -5.42. The van der Waals surface area contributed by atoms with Gasteiger partial charge in [-0.3, -0.25) is 19.3 Å². The van der Waals surface area contributed by atoms with Crippen LogP contribution in [-0.2, 0) is 12.5 Å². The molecule has 0 saturated heterocycles. The number of pyridine rings is 1. The number of hydrogen-bond donors (Lipinski definition) is 2. The summed E-state index contributed by atoms with van der Waals surface area (Å²) in [7, 11) is 0. The predicted octanol–water partition coefficient (Wildman–Crippen LogP) is 3.64. The maximum absolute atomic E-state index is 14.0. The molecule has 7 nitrogen and oxygen atoms in total. The van der Waals surface area contributed by atoms with Crippen LogP contribution >= 0.6 is 0 Å². The molecule has 174 valence electrons. The monoisotopic (exact) mass is 467 g/mol. The first-order valence-corrected chi connectivity index (χ1v) is 9.12. The summed E-state index contributed by atoms with van der Waals surface area (Å²) in [5.74, 6) is -12.1. The van der Waals surface area contributed by atoms with Gasteiger partial charge in [0, 0.05) is 29.8 Å². The molecule has 0 bridgehead atoms. The second-order valence-corrected chi connectivity index (χ2v) is 7.32. The van der Waals surface area contributed by atoms with Gasteiger partial charge in [-0.1, -0.05) is 0 Å². The van der Waals surface area contributed by atoms with Gasteiger partial charge in [0.05, 0.1) is 6.54 Å². The molecule has 0 aromatic carbocycles. The molecule has 2 heterocycles. The first-order chi connectivity index (χ1) is 14.6. The standard InChI is InChI=1S/C18H16F7N5O2/c1-8-12(15(32)28-10-3-5-27-11(6-10)14(26)31)30(7-9-2-4-16(9,19)20)29-13(8)17(21,22)18(23,24)25/h3,5-6,9H,2,4,7H2,1H3,(H2,26,31)(H,27,28,32). The van der Waals surface area contributed by atoms with Gasteiger partial charge in [-0.2, -0.15) is 27.1 Å². The molecule has 1 saturated carbocycles. The molecular weight excluding hydrogens is 451 g/mol. The van der Waals surface area contributed by atoms with Crippen molar-refractivity contribution in [1.82, 2.24) is 14.8 Å². The molecule has 0 aliphatic heterocycles. The highest BCUT2D eigenvalue weighted by Crippen LogP contribution is 2.47. The molecule has 1 unspecified atom stereocenters. The van der Waals surface area contributed by atoms with E-state index in [1.165, 1.54) is 6.07 Å². The van der Waals surface area contributed by atoms with Gasteiger partial charge in [-0.05, 0) is 25.5 Å². The number of rotatable bonds is 6. The van der Waals surface area contributed by atoms with Gasteiger partial charge in [0.25, 0.3) is 17.7 Å². The summed E-state index contributed by atoms with van der Waals surface area (Å²) in [6.45, 7) is 0.0705. The number of nitrogens with two attached hydrogens (primary N) is 1. The average Bonchev–Trinajstić information content (AvgIpc) is 3.01. The molecule has 3 rings (SSSR count). The first-order valence-electron chi connectivity index (χ1n) is 9.12. The van der Waals surface area contributed by atoms with Gasteiger partial charge in [-0.15, -0.1) is 0 Å². The molecule has 2 aromatic heterocycles. The number of nitrogens with zero attached hydrogens (tertiary/aromatic N) is 3. The van der Waals surface area contributed by atoms with E-state index in [-0.39, 0.29) is 17.8 Å². The topological polar surface area (TPSA) is 103 Å². The predicted molar refractivity (Wildman–Crippen MR) is 95.3 cm³/mol. The Balaban J connectivity index is 2.03. The van der Waals surface area contributed by atoms with E-state index in [0.29, 0.717) is 4.68 Å². The molecule has 1 fully saturated rings. The molecular formula is C18H16F7N5O2. The van der Waals surface area contributed by atoms with E-state index in [4.69, 9.17) is 5.73 Å². The van der Waals surface area contributed by atoms with Crippen molar-refractivity contribution in [2.24, 2.45) is 11.7 Å². The molecule has 1 aliphatic carbocycles. The number of halogens is 7. The normalized spacial score (nSPS) is 18.2. The Morgan fingerprint density at radius 2 is 1.94 bits per heavy atom. The lowest BCUT2D eigenvalue weighted by Gasteiger charge is -2.36. The van der Waals surface area contributed by atoms with Crippen LogP contribution in [-0.4, -0.2) is 38.7 Å². The van der Waals surface area contributed by atoms with Crippen molar-refractivity contribution in [3.63, 3.8) is 0 Å². The minimum atomic E-state index is -6.02. The quantitative estimate of drug-likeness (QED) is 0.634. The van der Waals surface area contributed by atoms with Crippen molar-refractivity contribution in [2.75, 3.05) is 5.32 Å². The zero-order valence-electron chi connectivity index (χ0n) is 16.3. The van der Waals surface area contributed by atoms with Crippen molar-refractivity contribution < 1.29 is 40.3 Å². The minimum absolute atomic E-state index is 0.0235. The highest BCUT2D eigenvalue weighted by Gasteiger charge is 2.61. The molecule has 32 heavy (non-hydrogen) atoms. The van der Waals surface area contributed by atoms with Gasteiger partial charge >= 0.3 is 12.1 Å². The Hall–Kier alpha value is -3.19. The fourth-order valence-corrected chi connectivity index (χ4v) is 3.24. The number of amides is 2. The van der Waals surface area contributed by atoms with Gasteiger partial charge in [0.15, 0.2) is 0 Å². The number of carbonyl (C=O) groups is 2. The third kappa shape index (κ3) is 4.12. The lowest BCUT2D eigenvalue weighted by molar-refractivity contribution is -0.291. The summed E-state index contributed by atoms with van der Waals surface area (Å²) in [5, 5.41) is 5.42. The summed E-state index contributed by atoms with van der Waals surface area (Å²) >= 11 is 0. The number of alkyl halides is 7. The second kappa shape index (κ2) is 7.74. The number of anilines is 1. The Kier molecular flexibility index (Phi) is 5.68. The van der Waals surface area contributed by atoms with E-state index in [0.717, 1.165) is 19.2 Å². The van der Waals surface area contributed by atoms with Crippen molar-refractivity contribution in [3.05, 3.63) is 41.0 Å². The smallest absolute Gasteiger partial charge is 0.364 e. The molecule has 2 aromatic rings. The zero-order chi connectivity index (χ0) is 24.1. The van der Waals surface area contributed by atoms with Crippen LogP contribution in [0.3, 0.4) is 0 Å². The van der Waals surface area contributed by atoms with Crippen LogP contribution in [0.2, 0.25) is 0 Å². The highest BCUT2D eigenvalue weighted by molar-refractivity contribution is 6.04. The van der Waals surface area contributed by atoms with Crippen molar-refractivity contribution >= 4 is 17.5 Å². The van der Waals surface area contributed by atoms with E-state index in [9.17, 15) is 40.3 Å². The van der Waals surface area contributed by atoms with Crippen LogP contribution in [0.15, 0.2) is 18.3 Å². The Morgan fingerprint density at radius 3 is 2.44 bits per heavy atom. The molecule has 14 heteroatoms. The molecule has 2 amide bonds. The molecule has 1 aliphatic rings. The number of primary amides is 1. The SMILES string of the molecule is Cc1c(C(F)(F)C(F)(F)F)nn(CC2CCC2(F)F)c1C(=O)Nc1ccnc(C(N)=O)c1. The summed E-state index contributed by atoms with van der Waals surface area (Å²) in [4.78, 5) is 27.6. The van der Waals surface area contributed by atoms with Crippen LogP contribution in [0, 0.1) is 12.8 Å². The first kappa shape index (κ1) is 23.5. The Labute approximate surface area is 175 Å². The number of nitrogens with one attached hydrogen (secondary N) is 1. The maximum atomic E-state index is 14.0. The Morgan fingerprint density at radius 1 is 1.28 bits per heavy atom. The zero-order valence-corrected chi connectivity index (χ0v) is 16.3. The summed E-state index contributed by atoms with van der Waals surface area (Å²) in [6, 6.07) is 2.24.